The Morgan fingerprint density at radius 1 is 1.12 bits per heavy atom. The highest BCUT2D eigenvalue weighted by Crippen LogP contribution is 2.36. The first kappa shape index (κ1) is 17.9. The Balaban J connectivity index is 1.73. The standard InChI is InChI=1S/C16H12ClF3N6/c17-13-5-4-10(7-12(13)16(18,19)20)24-14-9-23-26-15(25-14)22-8-11-3-1-2-6-21-11/h1-7,9H,8H2,(H2,22,24,25,26). The van der Waals surface area contributed by atoms with Crippen LogP contribution in [0.4, 0.5) is 30.6 Å². The molecular formula is C16H12ClF3N6. The van der Waals surface area contributed by atoms with Gasteiger partial charge in [0.15, 0.2) is 5.82 Å². The topological polar surface area (TPSA) is 75.6 Å². The molecule has 0 spiro atoms. The van der Waals surface area contributed by atoms with Crippen LogP contribution in [-0.2, 0) is 12.7 Å². The van der Waals surface area contributed by atoms with Gasteiger partial charge in [-0.2, -0.15) is 23.3 Å². The minimum Gasteiger partial charge on any atom is -0.347 e. The Labute approximate surface area is 151 Å². The molecule has 0 atom stereocenters. The van der Waals surface area contributed by atoms with Crippen LogP contribution in [0.1, 0.15) is 11.3 Å². The van der Waals surface area contributed by atoms with Gasteiger partial charge in [-0.3, -0.25) is 4.98 Å². The van der Waals surface area contributed by atoms with Crippen LogP contribution in [0, 0.1) is 0 Å². The quantitative estimate of drug-likeness (QED) is 0.687. The molecule has 0 amide bonds. The molecule has 2 N–H and O–H groups in total. The fraction of sp³-hybridized carbons (Fsp3) is 0.125. The van der Waals surface area contributed by atoms with Gasteiger partial charge in [0.25, 0.3) is 0 Å². The molecule has 3 aromatic rings. The number of alkyl halides is 3. The molecule has 1 aromatic carbocycles. The van der Waals surface area contributed by atoms with E-state index in [1.165, 1.54) is 18.3 Å². The van der Waals surface area contributed by atoms with Crippen LogP contribution in [0.3, 0.4) is 0 Å². The minimum absolute atomic E-state index is 0.179. The third kappa shape index (κ3) is 4.57. The summed E-state index contributed by atoms with van der Waals surface area (Å²) in [6.45, 7) is 0.380. The number of hydrogen-bond acceptors (Lipinski definition) is 6. The SMILES string of the molecule is FC(F)(F)c1cc(Nc2cnnc(NCc3ccccn3)n2)ccc1Cl. The number of hydrogen-bond donors (Lipinski definition) is 2. The molecule has 0 aliphatic carbocycles. The molecule has 0 aliphatic rings. The smallest absolute Gasteiger partial charge is 0.347 e. The van der Waals surface area contributed by atoms with Crippen molar-refractivity contribution < 1.29 is 13.2 Å². The van der Waals surface area contributed by atoms with Gasteiger partial charge in [-0.15, -0.1) is 5.10 Å². The molecular weight excluding hydrogens is 369 g/mol. The maximum atomic E-state index is 12.9. The van der Waals surface area contributed by atoms with Gasteiger partial charge in [0.05, 0.1) is 29.0 Å². The molecule has 134 valence electrons. The van der Waals surface area contributed by atoms with E-state index in [-0.39, 0.29) is 22.5 Å². The maximum Gasteiger partial charge on any atom is 0.417 e. The monoisotopic (exact) mass is 380 g/mol. The van der Waals surface area contributed by atoms with Crippen molar-refractivity contribution in [2.75, 3.05) is 10.6 Å². The van der Waals surface area contributed by atoms with E-state index in [0.29, 0.717) is 6.54 Å². The van der Waals surface area contributed by atoms with Gasteiger partial charge in [0.2, 0.25) is 5.95 Å². The van der Waals surface area contributed by atoms with Crippen molar-refractivity contribution in [3.8, 4) is 0 Å². The van der Waals surface area contributed by atoms with Gasteiger partial charge >= 0.3 is 6.18 Å². The first-order valence-corrected chi connectivity index (χ1v) is 7.77. The number of pyridine rings is 1. The third-order valence-electron chi connectivity index (χ3n) is 3.26. The minimum atomic E-state index is -4.55. The van der Waals surface area contributed by atoms with Crippen molar-refractivity contribution in [2.45, 2.75) is 12.7 Å². The van der Waals surface area contributed by atoms with E-state index in [0.717, 1.165) is 11.8 Å². The zero-order valence-electron chi connectivity index (χ0n) is 13.1. The molecule has 2 aromatic heterocycles. The summed E-state index contributed by atoms with van der Waals surface area (Å²) < 4.78 is 38.8. The Hall–Kier alpha value is -2.94. The molecule has 0 fully saturated rings. The van der Waals surface area contributed by atoms with E-state index in [9.17, 15) is 13.2 Å². The van der Waals surface area contributed by atoms with Gasteiger partial charge in [-0.1, -0.05) is 17.7 Å². The maximum absolute atomic E-state index is 12.9. The number of nitrogens with one attached hydrogen (secondary N) is 2. The normalized spacial score (nSPS) is 11.2. The van der Waals surface area contributed by atoms with Crippen molar-refractivity contribution in [3.05, 3.63) is 65.1 Å². The van der Waals surface area contributed by atoms with Crippen molar-refractivity contribution in [3.63, 3.8) is 0 Å². The summed E-state index contributed by atoms with van der Waals surface area (Å²) in [4.78, 5) is 8.31. The summed E-state index contributed by atoms with van der Waals surface area (Å²) >= 11 is 5.61. The molecule has 0 saturated carbocycles. The number of anilines is 3. The first-order valence-electron chi connectivity index (χ1n) is 7.39. The summed E-state index contributed by atoms with van der Waals surface area (Å²) in [6, 6.07) is 8.97. The highest BCUT2D eigenvalue weighted by molar-refractivity contribution is 6.31. The van der Waals surface area contributed by atoms with Gasteiger partial charge in [-0.05, 0) is 30.3 Å². The zero-order valence-corrected chi connectivity index (χ0v) is 13.9. The van der Waals surface area contributed by atoms with Crippen LogP contribution >= 0.6 is 11.6 Å². The van der Waals surface area contributed by atoms with Gasteiger partial charge < -0.3 is 10.6 Å². The van der Waals surface area contributed by atoms with Crippen LogP contribution in [0.5, 0.6) is 0 Å². The van der Waals surface area contributed by atoms with E-state index in [2.05, 4.69) is 30.8 Å². The molecule has 6 nitrogen and oxygen atoms in total. The lowest BCUT2D eigenvalue weighted by Crippen LogP contribution is -2.08. The molecule has 3 rings (SSSR count). The number of aromatic nitrogens is 4. The van der Waals surface area contributed by atoms with Crippen molar-refractivity contribution in [1.29, 1.82) is 0 Å². The molecule has 26 heavy (non-hydrogen) atoms. The summed E-state index contributed by atoms with van der Waals surface area (Å²) in [6.07, 6.45) is -1.59. The Bertz CT molecular complexity index is 889. The van der Waals surface area contributed by atoms with E-state index >= 15 is 0 Å². The molecule has 2 heterocycles. The number of halogens is 4. The van der Waals surface area contributed by atoms with Gasteiger partial charge in [-0.25, -0.2) is 0 Å². The second-order valence-electron chi connectivity index (χ2n) is 5.16. The lowest BCUT2D eigenvalue weighted by Gasteiger charge is -2.12. The van der Waals surface area contributed by atoms with Gasteiger partial charge in [0.1, 0.15) is 0 Å². The lowest BCUT2D eigenvalue weighted by atomic mass is 10.2. The summed E-state index contributed by atoms with van der Waals surface area (Å²) in [5.41, 5.74) is 0.0274. The average Bonchev–Trinajstić information content (AvgIpc) is 2.62. The largest absolute Gasteiger partial charge is 0.417 e. The van der Waals surface area contributed by atoms with Crippen molar-refractivity contribution in [1.82, 2.24) is 20.2 Å². The molecule has 0 aliphatic heterocycles. The summed E-state index contributed by atoms with van der Waals surface area (Å²) in [5, 5.41) is 12.9. The Kier molecular flexibility index (Phi) is 5.17. The Morgan fingerprint density at radius 3 is 2.69 bits per heavy atom. The second-order valence-corrected chi connectivity index (χ2v) is 5.56. The number of nitrogens with zero attached hydrogens (tertiary/aromatic N) is 4. The third-order valence-corrected chi connectivity index (χ3v) is 3.59. The first-order chi connectivity index (χ1) is 12.4. The van der Waals surface area contributed by atoms with Crippen LogP contribution in [-0.4, -0.2) is 20.2 Å². The van der Waals surface area contributed by atoms with E-state index in [1.54, 1.807) is 12.3 Å². The Morgan fingerprint density at radius 2 is 1.96 bits per heavy atom. The fourth-order valence-corrected chi connectivity index (χ4v) is 2.30. The summed E-state index contributed by atoms with van der Waals surface area (Å²) in [7, 11) is 0. The molecule has 10 heteroatoms. The van der Waals surface area contributed by atoms with Crippen LogP contribution in [0.25, 0.3) is 0 Å². The molecule has 0 saturated heterocycles. The predicted molar refractivity (Wildman–Crippen MR) is 91.1 cm³/mol. The van der Waals surface area contributed by atoms with Crippen molar-refractivity contribution >= 4 is 29.1 Å². The highest BCUT2D eigenvalue weighted by atomic mass is 35.5. The van der Waals surface area contributed by atoms with Crippen LogP contribution in [0.2, 0.25) is 5.02 Å². The molecule has 0 unspecified atom stereocenters. The molecule has 0 radical (unpaired) electrons. The number of benzene rings is 1. The number of rotatable bonds is 5. The van der Waals surface area contributed by atoms with E-state index < -0.39 is 11.7 Å². The van der Waals surface area contributed by atoms with Crippen molar-refractivity contribution in [2.24, 2.45) is 0 Å². The fourth-order valence-electron chi connectivity index (χ4n) is 2.08. The van der Waals surface area contributed by atoms with Gasteiger partial charge in [0, 0.05) is 11.9 Å². The van der Waals surface area contributed by atoms with Crippen LogP contribution < -0.4 is 10.6 Å². The second kappa shape index (κ2) is 7.52. The lowest BCUT2D eigenvalue weighted by molar-refractivity contribution is -0.137. The highest BCUT2D eigenvalue weighted by Gasteiger charge is 2.33. The average molecular weight is 381 g/mol. The van der Waals surface area contributed by atoms with E-state index in [1.807, 2.05) is 12.1 Å². The summed E-state index contributed by atoms with van der Waals surface area (Å²) in [5.74, 6) is 0.449. The molecule has 0 bridgehead atoms. The van der Waals surface area contributed by atoms with Crippen LogP contribution in [0.15, 0.2) is 48.8 Å². The predicted octanol–water partition coefficient (Wildman–Crippen LogP) is 4.29. The zero-order chi connectivity index (χ0) is 18.6. The van der Waals surface area contributed by atoms with E-state index in [4.69, 9.17) is 11.6 Å².